The minimum Gasteiger partial charge on any atom is -0.350 e. The van der Waals surface area contributed by atoms with Crippen LogP contribution in [0.4, 0.5) is 4.39 Å². The van der Waals surface area contributed by atoms with Crippen LogP contribution in [0.25, 0.3) is 0 Å². The maximum Gasteiger partial charge on any atom is 0.243 e. The Labute approximate surface area is 232 Å². The molecule has 11 heteroatoms. The third-order valence-electron chi connectivity index (χ3n) is 5.93. The second-order valence-corrected chi connectivity index (χ2v) is 11.8. The molecule has 3 aromatic rings. The number of carbonyl (C=O) groups excluding carboxylic acids is 2. The average molecular weight is 581 g/mol. The minimum atomic E-state index is -3.66. The zero-order valence-electron chi connectivity index (χ0n) is 20.9. The molecule has 3 aromatic carbocycles. The van der Waals surface area contributed by atoms with E-state index in [2.05, 4.69) is 5.32 Å². The first-order valence-corrected chi connectivity index (χ1v) is 14.2. The molecule has 0 radical (unpaired) electrons. The number of halogens is 3. The lowest BCUT2D eigenvalue weighted by molar-refractivity contribution is -0.141. The summed E-state index contributed by atoms with van der Waals surface area (Å²) in [5, 5.41) is 3.68. The predicted molar refractivity (Wildman–Crippen MR) is 147 cm³/mol. The third kappa shape index (κ3) is 8.52. The third-order valence-corrected chi connectivity index (χ3v) is 7.78. The van der Waals surface area contributed by atoms with Crippen LogP contribution < -0.4 is 5.32 Å². The molecule has 0 aromatic heterocycles. The number of amides is 2. The molecule has 0 aliphatic carbocycles. The summed E-state index contributed by atoms with van der Waals surface area (Å²) >= 11 is 12.2. The van der Waals surface area contributed by atoms with Gasteiger partial charge in [-0.25, -0.2) is 12.8 Å². The van der Waals surface area contributed by atoms with Gasteiger partial charge in [0.05, 0.1) is 12.8 Å². The Morgan fingerprint density at radius 3 is 2.24 bits per heavy atom. The second kappa shape index (κ2) is 13.2. The number of carbonyl (C=O) groups is 2. The minimum absolute atomic E-state index is 0.0384. The quantitative estimate of drug-likeness (QED) is 0.367. The van der Waals surface area contributed by atoms with Crippen LogP contribution in [0, 0.1) is 5.82 Å². The van der Waals surface area contributed by atoms with Gasteiger partial charge in [0.1, 0.15) is 11.9 Å². The molecule has 202 valence electrons. The van der Waals surface area contributed by atoms with Crippen molar-refractivity contribution < 1.29 is 22.4 Å². The van der Waals surface area contributed by atoms with E-state index in [1.807, 2.05) is 30.3 Å². The van der Waals surface area contributed by atoms with Crippen molar-refractivity contribution in [2.24, 2.45) is 0 Å². The fourth-order valence-electron chi connectivity index (χ4n) is 3.70. The molecule has 0 saturated heterocycles. The summed E-state index contributed by atoms with van der Waals surface area (Å²) < 4.78 is 38.5. The molecule has 0 heterocycles. The molecule has 7 nitrogen and oxygen atoms in total. The Balaban J connectivity index is 1.95. The number of hydrogen-bond donors (Lipinski definition) is 1. The van der Waals surface area contributed by atoms with Crippen LogP contribution in [-0.2, 0) is 39.1 Å². The van der Waals surface area contributed by atoms with Gasteiger partial charge in [-0.1, -0.05) is 71.7 Å². The Morgan fingerprint density at radius 2 is 1.63 bits per heavy atom. The second-order valence-electron chi connectivity index (χ2n) is 8.83. The average Bonchev–Trinajstić information content (AvgIpc) is 2.86. The molecule has 0 fully saturated rings. The van der Waals surface area contributed by atoms with Crippen molar-refractivity contribution in [3.8, 4) is 0 Å². The largest absolute Gasteiger partial charge is 0.350 e. The first kappa shape index (κ1) is 29.6. The Morgan fingerprint density at radius 1 is 0.974 bits per heavy atom. The van der Waals surface area contributed by atoms with Crippen molar-refractivity contribution in [3.63, 3.8) is 0 Å². The van der Waals surface area contributed by atoms with Crippen LogP contribution in [0.3, 0.4) is 0 Å². The van der Waals surface area contributed by atoms with Gasteiger partial charge in [-0.3, -0.25) is 9.59 Å². The van der Waals surface area contributed by atoms with Gasteiger partial charge in [0.15, 0.2) is 0 Å². The number of nitrogens with one attached hydrogen (secondary N) is 1. The van der Waals surface area contributed by atoms with E-state index in [-0.39, 0.29) is 19.5 Å². The fourth-order valence-corrected chi connectivity index (χ4v) is 4.52. The van der Waals surface area contributed by atoms with Gasteiger partial charge >= 0.3 is 0 Å². The highest BCUT2D eigenvalue weighted by Crippen LogP contribution is 2.21. The maximum absolute atomic E-state index is 13.6. The van der Waals surface area contributed by atoms with E-state index in [0.717, 1.165) is 16.1 Å². The van der Waals surface area contributed by atoms with Gasteiger partial charge < -0.3 is 10.2 Å². The monoisotopic (exact) mass is 579 g/mol. The van der Waals surface area contributed by atoms with Crippen molar-refractivity contribution in [3.05, 3.63) is 105 Å². The van der Waals surface area contributed by atoms with Crippen LogP contribution in [0.2, 0.25) is 10.0 Å². The van der Waals surface area contributed by atoms with Crippen LogP contribution in [0.1, 0.15) is 16.7 Å². The zero-order chi connectivity index (χ0) is 27.9. The summed E-state index contributed by atoms with van der Waals surface area (Å²) in [7, 11) is -2.37. The molecule has 0 bridgehead atoms. The van der Waals surface area contributed by atoms with Crippen molar-refractivity contribution >= 4 is 45.0 Å². The standard InChI is InChI=1S/C27H28Cl2FN3O4S/c1-32(38(2,36)37)18-26(34)33(17-20-8-12-23(30)13-9-20)25(14-19-6-4-3-5-7-19)27(35)31-16-21-10-11-22(28)15-24(21)29/h3-13,15,25H,14,16-18H2,1-2H3,(H,31,35). The molecule has 1 unspecified atom stereocenters. The molecule has 3 rings (SSSR count). The number of benzene rings is 3. The number of rotatable bonds is 11. The first-order valence-electron chi connectivity index (χ1n) is 11.6. The predicted octanol–water partition coefficient (Wildman–Crippen LogP) is 4.28. The lowest BCUT2D eigenvalue weighted by Crippen LogP contribution is -2.52. The summed E-state index contributed by atoms with van der Waals surface area (Å²) in [4.78, 5) is 28.4. The summed E-state index contributed by atoms with van der Waals surface area (Å²) in [6.07, 6.45) is 1.16. The van der Waals surface area contributed by atoms with Crippen molar-refractivity contribution in [2.75, 3.05) is 19.8 Å². The van der Waals surface area contributed by atoms with Crippen LogP contribution in [0.15, 0.2) is 72.8 Å². The highest BCUT2D eigenvalue weighted by molar-refractivity contribution is 7.88. The Kier molecular flexibility index (Phi) is 10.3. The van der Waals surface area contributed by atoms with Gasteiger partial charge in [0.25, 0.3) is 0 Å². The Hall–Kier alpha value is -2.98. The van der Waals surface area contributed by atoms with E-state index in [0.29, 0.717) is 21.2 Å². The summed E-state index contributed by atoms with van der Waals surface area (Å²) in [5.41, 5.74) is 2.01. The van der Waals surface area contributed by atoms with Crippen LogP contribution in [0.5, 0.6) is 0 Å². The first-order chi connectivity index (χ1) is 17.9. The van der Waals surface area contributed by atoms with Crippen molar-refractivity contribution in [1.82, 2.24) is 14.5 Å². The molecular weight excluding hydrogens is 552 g/mol. The number of likely N-dealkylation sites (N-methyl/N-ethyl adjacent to an activating group) is 1. The van der Waals surface area contributed by atoms with Gasteiger partial charge in [-0.2, -0.15) is 4.31 Å². The van der Waals surface area contributed by atoms with E-state index in [1.54, 1.807) is 18.2 Å². The summed E-state index contributed by atoms with van der Waals surface area (Å²) in [6, 6.07) is 18.6. The summed E-state index contributed by atoms with van der Waals surface area (Å²) in [6.45, 7) is -0.424. The van der Waals surface area contributed by atoms with E-state index in [1.165, 1.54) is 36.2 Å². The smallest absolute Gasteiger partial charge is 0.243 e. The molecule has 38 heavy (non-hydrogen) atoms. The molecule has 1 N–H and O–H groups in total. The zero-order valence-corrected chi connectivity index (χ0v) is 23.2. The molecule has 0 aliphatic heterocycles. The number of sulfonamides is 1. The molecule has 0 aliphatic rings. The summed E-state index contributed by atoms with van der Waals surface area (Å²) in [5.74, 6) is -1.48. The van der Waals surface area contributed by atoms with E-state index < -0.39 is 40.2 Å². The fraction of sp³-hybridized carbons (Fsp3) is 0.259. The van der Waals surface area contributed by atoms with E-state index in [9.17, 15) is 22.4 Å². The number of hydrogen-bond acceptors (Lipinski definition) is 4. The van der Waals surface area contributed by atoms with Gasteiger partial charge in [-0.15, -0.1) is 0 Å². The Bertz CT molecular complexity index is 1370. The molecule has 1 atom stereocenters. The van der Waals surface area contributed by atoms with Crippen molar-refractivity contribution in [2.45, 2.75) is 25.6 Å². The molecule has 0 saturated carbocycles. The molecule has 0 spiro atoms. The lowest BCUT2D eigenvalue weighted by atomic mass is 10.0. The number of nitrogens with zero attached hydrogens (tertiary/aromatic N) is 2. The van der Waals surface area contributed by atoms with Gasteiger partial charge in [0.2, 0.25) is 21.8 Å². The SMILES string of the molecule is CN(CC(=O)N(Cc1ccc(F)cc1)C(Cc1ccccc1)C(=O)NCc1ccc(Cl)cc1Cl)S(C)(=O)=O. The van der Waals surface area contributed by atoms with E-state index >= 15 is 0 Å². The van der Waals surface area contributed by atoms with Crippen LogP contribution in [-0.4, -0.2) is 55.3 Å². The lowest BCUT2D eigenvalue weighted by Gasteiger charge is -2.32. The highest BCUT2D eigenvalue weighted by Gasteiger charge is 2.32. The molecular formula is C27H28Cl2FN3O4S. The normalized spacial score (nSPS) is 12.3. The van der Waals surface area contributed by atoms with Crippen LogP contribution >= 0.6 is 23.2 Å². The van der Waals surface area contributed by atoms with E-state index in [4.69, 9.17) is 23.2 Å². The van der Waals surface area contributed by atoms with Crippen molar-refractivity contribution in [1.29, 1.82) is 0 Å². The van der Waals surface area contributed by atoms with Gasteiger partial charge in [0, 0.05) is 36.6 Å². The highest BCUT2D eigenvalue weighted by atomic mass is 35.5. The maximum atomic E-state index is 13.6. The molecule has 2 amide bonds. The topological polar surface area (TPSA) is 86.8 Å². The van der Waals surface area contributed by atoms with Gasteiger partial charge in [-0.05, 0) is 41.0 Å².